The van der Waals surface area contributed by atoms with E-state index in [-0.39, 0.29) is 18.5 Å². The van der Waals surface area contributed by atoms with E-state index in [0.29, 0.717) is 25.9 Å². The van der Waals surface area contributed by atoms with Gasteiger partial charge in [-0.15, -0.1) is 0 Å². The molecule has 0 aliphatic heterocycles. The van der Waals surface area contributed by atoms with E-state index in [0.717, 1.165) is 38.5 Å². The summed E-state index contributed by atoms with van der Waals surface area (Å²) in [6.07, 6.45) is 81.8. The van der Waals surface area contributed by atoms with Crippen LogP contribution in [-0.2, 0) is 14.3 Å². The van der Waals surface area contributed by atoms with Gasteiger partial charge in [0.15, 0.2) is 0 Å². The third-order valence-electron chi connectivity index (χ3n) is 17.2. The smallest absolute Gasteiger partial charge is 0.305 e. The van der Waals surface area contributed by atoms with Gasteiger partial charge in [-0.25, -0.2) is 0 Å². The molecule has 6 heteroatoms. The van der Waals surface area contributed by atoms with Crippen LogP contribution in [0.5, 0.6) is 0 Å². The Balaban J connectivity index is 3.26. The van der Waals surface area contributed by atoms with Crippen molar-refractivity contribution in [1.29, 1.82) is 0 Å². The number of aliphatic hydroxyl groups excluding tert-OH is 2. The molecule has 0 saturated carbocycles. The van der Waals surface area contributed by atoms with E-state index in [9.17, 15) is 19.8 Å². The molecule has 1 amide bonds. The normalized spacial score (nSPS) is 12.4. The number of aliphatic hydroxyl groups is 2. The molecule has 0 bridgehead atoms. The van der Waals surface area contributed by atoms with Gasteiger partial charge in [-0.1, -0.05) is 380 Å². The largest absolute Gasteiger partial charge is 0.466 e. The number of nitrogens with one attached hydrogen (secondary N) is 1. The van der Waals surface area contributed by atoms with Gasteiger partial charge < -0.3 is 20.3 Å². The standard InChI is InChI=1S/C71H141NO5/c1-3-5-7-9-11-13-15-16-17-35-39-42-45-49-53-57-61-65-71(76)77-66-62-58-54-50-46-43-40-37-34-32-30-28-26-24-22-20-18-19-21-23-25-27-29-31-33-36-38-41-44-48-52-56-60-64-70(75)72-68(67-73)69(74)63-59-55-51-47-14-12-10-8-6-4-2/h68-69,73-74H,3-67H2,1-2H3,(H,72,75). The molecule has 0 aromatic carbocycles. The lowest BCUT2D eigenvalue weighted by atomic mass is 10.0. The van der Waals surface area contributed by atoms with Gasteiger partial charge in [0.05, 0.1) is 25.4 Å². The Kier molecular flexibility index (Phi) is 66.4. The Labute approximate surface area is 483 Å². The Morgan fingerprint density at radius 2 is 0.532 bits per heavy atom. The van der Waals surface area contributed by atoms with Crippen molar-refractivity contribution in [3.63, 3.8) is 0 Å². The Hall–Kier alpha value is -1.14. The van der Waals surface area contributed by atoms with Gasteiger partial charge in [-0.3, -0.25) is 9.59 Å². The molecule has 0 spiro atoms. The van der Waals surface area contributed by atoms with Crippen LogP contribution in [0.15, 0.2) is 0 Å². The van der Waals surface area contributed by atoms with Crippen LogP contribution in [0.1, 0.15) is 418 Å². The number of hydrogen-bond acceptors (Lipinski definition) is 5. The van der Waals surface area contributed by atoms with Crippen LogP contribution in [0.4, 0.5) is 0 Å². The molecule has 0 rings (SSSR count). The van der Waals surface area contributed by atoms with Crippen molar-refractivity contribution in [2.45, 2.75) is 431 Å². The molecule has 460 valence electrons. The number of esters is 1. The summed E-state index contributed by atoms with van der Waals surface area (Å²) in [6.45, 7) is 4.99. The molecule has 0 aliphatic carbocycles. The van der Waals surface area contributed by atoms with Crippen molar-refractivity contribution in [2.24, 2.45) is 0 Å². The summed E-state index contributed by atoms with van der Waals surface area (Å²) >= 11 is 0. The first-order valence-corrected chi connectivity index (χ1v) is 35.8. The topological polar surface area (TPSA) is 95.9 Å². The lowest BCUT2D eigenvalue weighted by molar-refractivity contribution is -0.143. The summed E-state index contributed by atoms with van der Waals surface area (Å²) in [5.74, 6) is -0.00244. The van der Waals surface area contributed by atoms with E-state index in [1.807, 2.05) is 0 Å². The zero-order valence-corrected chi connectivity index (χ0v) is 52.7. The fourth-order valence-corrected chi connectivity index (χ4v) is 11.7. The fraction of sp³-hybridized carbons (Fsp3) is 0.972. The van der Waals surface area contributed by atoms with E-state index in [1.54, 1.807) is 0 Å². The summed E-state index contributed by atoms with van der Waals surface area (Å²) in [7, 11) is 0. The van der Waals surface area contributed by atoms with Gasteiger partial charge in [-0.2, -0.15) is 0 Å². The number of hydrogen-bond donors (Lipinski definition) is 3. The van der Waals surface area contributed by atoms with Crippen molar-refractivity contribution in [3.8, 4) is 0 Å². The van der Waals surface area contributed by atoms with Crippen molar-refractivity contribution >= 4 is 11.9 Å². The average molecular weight is 1090 g/mol. The summed E-state index contributed by atoms with van der Waals surface area (Å²) in [6, 6.07) is -0.535. The van der Waals surface area contributed by atoms with Crippen LogP contribution in [0, 0.1) is 0 Å². The van der Waals surface area contributed by atoms with Crippen molar-refractivity contribution in [1.82, 2.24) is 5.32 Å². The summed E-state index contributed by atoms with van der Waals surface area (Å²) in [5.41, 5.74) is 0. The van der Waals surface area contributed by atoms with Crippen LogP contribution in [0.25, 0.3) is 0 Å². The molecular weight excluding hydrogens is 947 g/mol. The minimum Gasteiger partial charge on any atom is -0.466 e. The highest BCUT2D eigenvalue weighted by atomic mass is 16.5. The number of unbranched alkanes of at least 4 members (excludes halogenated alkanes) is 57. The highest BCUT2D eigenvalue weighted by molar-refractivity contribution is 5.76. The van der Waals surface area contributed by atoms with Crippen molar-refractivity contribution in [2.75, 3.05) is 13.2 Å². The van der Waals surface area contributed by atoms with E-state index >= 15 is 0 Å². The predicted octanol–water partition coefficient (Wildman–Crippen LogP) is 23.0. The lowest BCUT2D eigenvalue weighted by Crippen LogP contribution is -2.45. The van der Waals surface area contributed by atoms with Crippen LogP contribution >= 0.6 is 0 Å². The summed E-state index contributed by atoms with van der Waals surface area (Å²) in [5, 5.41) is 23.2. The average Bonchev–Trinajstić information content (AvgIpc) is 3.43. The fourth-order valence-electron chi connectivity index (χ4n) is 11.7. The van der Waals surface area contributed by atoms with Gasteiger partial charge in [0.25, 0.3) is 0 Å². The molecule has 3 N–H and O–H groups in total. The molecule has 0 aliphatic rings. The second-order valence-corrected chi connectivity index (χ2v) is 24.9. The van der Waals surface area contributed by atoms with E-state index in [1.165, 1.54) is 347 Å². The molecule has 0 aromatic rings. The SMILES string of the molecule is CCCCCCCCCCCCCCCCCCCC(=O)OCCCCCCCCCCCCCCCCCCCCCCCCCCCCCCCCCCCC(=O)NC(CO)C(O)CCCCCCCCCCCC. The Morgan fingerprint density at radius 3 is 0.792 bits per heavy atom. The molecule has 0 saturated heterocycles. The monoisotopic (exact) mass is 1090 g/mol. The first kappa shape index (κ1) is 75.9. The van der Waals surface area contributed by atoms with Gasteiger partial charge in [-0.05, 0) is 25.7 Å². The second-order valence-electron chi connectivity index (χ2n) is 24.9. The first-order valence-electron chi connectivity index (χ1n) is 35.8. The maximum absolute atomic E-state index is 12.4. The molecule has 6 nitrogen and oxygen atoms in total. The van der Waals surface area contributed by atoms with E-state index < -0.39 is 12.1 Å². The molecule has 0 radical (unpaired) electrons. The minimum absolute atomic E-state index is 0.0267. The highest BCUT2D eigenvalue weighted by Crippen LogP contribution is 2.20. The van der Waals surface area contributed by atoms with Crippen LogP contribution in [0.2, 0.25) is 0 Å². The van der Waals surface area contributed by atoms with Gasteiger partial charge in [0, 0.05) is 12.8 Å². The lowest BCUT2D eigenvalue weighted by Gasteiger charge is -2.22. The molecule has 0 aromatic heterocycles. The number of rotatable bonds is 68. The maximum Gasteiger partial charge on any atom is 0.305 e. The molecule has 0 heterocycles. The number of ether oxygens (including phenoxy) is 1. The van der Waals surface area contributed by atoms with Gasteiger partial charge >= 0.3 is 5.97 Å². The predicted molar refractivity (Wildman–Crippen MR) is 338 cm³/mol. The molecule has 2 unspecified atom stereocenters. The number of amides is 1. The maximum atomic E-state index is 12.4. The molecule has 0 fully saturated rings. The zero-order valence-electron chi connectivity index (χ0n) is 52.7. The molecule has 77 heavy (non-hydrogen) atoms. The third-order valence-corrected chi connectivity index (χ3v) is 17.2. The Morgan fingerprint density at radius 1 is 0.312 bits per heavy atom. The molecular formula is C71H141NO5. The highest BCUT2D eigenvalue weighted by Gasteiger charge is 2.20. The van der Waals surface area contributed by atoms with Crippen LogP contribution < -0.4 is 5.32 Å². The third kappa shape index (κ3) is 63.9. The zero-order chi connectivity index (χ0) is 55.7. The molecule has 2 atom stereocenters. The number of carbonyl (C=O) groups is 2. The Bertz CT molecular complexity index is 1120. The quantitative estimate of drug-likeness (QED) is 0.0417. The summed E-state index contributed by atoms with van der Waals surface area (Å²) < 4.78 is 5.51. The van der Waals surface area contributed by atoms with Crippen molar-refractivity contribution in [3.05, 3.63) is 0 Å². The van der Waals surface area contributed by atoms with E-state index in [2.05, 4.69) is 19.2 Å². The van der Waals surface area contributed by atoms with Gasteiger partial charge in [0.2, 0.25) is 5.91 Å². The number of carbonyl (C=O) groups excluding carboxylic acids is 2. The van der Waals surface area contributed by atoms with Crippen molar-refractivity contribution < 1.29 is 24.5 Å². The summed E-state index contributed by atoms with van der Waals surface area (Å²) in [4.78, 5) is 24.5. The van der Waals surface area contributed by atoms with Crippen LogP contribution in [-0.4, -0.2) is 47.4 Å². The minimum atomic E-state index is -0.658. The van der Waals surface area contributed by atoms with Crippen LogP contribution in [0.3, 0.4) is 0 Å². The van der Waals surface area contributed by atoms with Gasteiger partial charge in [0.1, 0.15) is 0 Å². The first-order chi connectivity index (χ1) is 38.0. The second kappa shape index (κ2) is 67.4. The van der Waals surface area contributed by atoms with E-state index in [4.69, 9.17) is 4.74 Å².